The molecular weight excluding hydrogens is 1090 g/mol. The number of fused-ring (bicyclic) bond motifs is 8. The standard InChI is InChI=1S/C60H66N6O10S4/c1-57(2,3)35-21-41-53(73-31-49(67)65-63-29-39-17-13-15-19-61-39)42(22-35)78-46-26-38(60(10,11)12)28-48(56(46)76-34-52(71)72)80-44-24-36(58(4,5)6)23-43(54(44)74-32-50(68)66-64-30-40-18-14-16-20-62-40)79-47-27-37(59(7,8)9)25-45(77-41)55(47)75-33-51(69)70/h13-30H,31-34H2,1-12H3,(H,65,67)(H,66,68)(H,69,70)(H,71,72)/b63-29+,64-30+. The molecule has 0 fully saturated rings. The Kier molecular flexibility index (Phi) is 19.4. The fourth-order valence-corrected chi connectivity index (χ4v) is 12.3. The number of rotatable bonds is 16. The normalized spacial score (nSPS) is 12.9. The first kappa shape index (κ1) is 60.6. The molecular formula is C60H66N6O10S4. The summed E-state index contributed by atoms with van der Waals surface area (Å²) in [6.45, 7) is 22.6. The number of carbonyl (C=O) groups excluding carboxylic acids is 2. The van der Waals surface area contributed by atoms with Crippen LogP contribution in [0.25, 0.3) is 0 Å². The zero-order valence-electron chi connectivity index (χ0n) is 46.8. The smallest absolute Gasteiger partial charge is 0.341 e. The van der Waals surface area contributed by atoms with Crippen LogP contribution >= 0.6 is 47.0 Å². The molecule has 2 aromatic heterocycles. The van der Waals surface area contributed by atoms with E-state index in [1.54, 1.807) is 48.8 Å². The fraction of sp³-hybridized carbons (Fsp3) is 0.333. The van der Waals surface area contributed by atoms with Crippen LogP contribution in [0.4, 0.5) is 0 Å². The van der Waals surface area contributed by atoms with E-state index in [9.17, 15) is 29.4 Å². The molecule has 1 aliphatic heterocycles. The van der Waals surface area contributed by atoms with Crippen molar-refractivity contribution in [3.63, 3.8) is 0 Å². The third-order valence-electron chi connectivity index (χ3n) is 11.9. The molecule has 0 atom stereocenters. The summed E-state index contributed by atoms with van der Waals surface area (Å²) in [5.74, 6) is -2.38. The molecule has 80 heavy (non-hydrogen) atoms. The summed E-state index contributed by atoms with van der Waals surface area (Å²) in [5.41, 5.74) is 7.89. The number of hydrogen-bond donors (Lipinski definition) is 4. The van der Waals surface area contributed by atoms with Crippen LogP contribution in [0.2, 0.25) is 0 Å². The summed E-state index contributed by atoms with van der Waals surface area (Å²) in [4.78, 5) is 65.3. The first-order chi connectivity index (χ1) is 37.6. The summed E-state index contributed by atoms with van der Waals surface area (Å²) in [5, 5.41) is 28.7. The predicted molar refractivity (Wildman–Crippen MR) is 314 cm³/mol. The van der Waals surface area contributed by atoms with Crippen LogP contribution in [0.3, 0.4) is 0 Å². The lowest BCUT2D eigenvalue weighted by Gasteiger charge is -2.28. The van der Waals surface area contributed by atoms with Crippen molar-refractivity contribution in [2.75, 3.05) is 26.4 Å². The van der Waals surface area contributed by atoms with Gasteiger partial charge in [-0.15, -0.1) is 0 Å². The minimum atomic E-state index is -1.20. The Morgan fingerprint density at radius 3 is 0.900 bits per heavy atom. The number of carboxylic acids is 2. The zero-order chi connectivity index (χ0) is 58.2. The van der Waals surface area contributed by atoms with Crippen molar-refractivity contribution in [1.82, 2.24) is 20.8 Å². The second-order valence-corrected chi connectivity index (χ2v) is 27.0. The summed E-state index contributed by atoms with van der Waals surface area (Å²) in [6.07, 6.45) is 6.08. The number of aromatic nitrogens is 2. The van der Waals surface area contributed by atoms with Gasteiger partial charge in [-0.3, -0.25) is 19.6 Å². The topological polar surface area (TPSA) is 220 Å². The molecule has 0 spiro atoms. The maximum absolute atomic E-state index is 13.7. The number of ether oxygens (including phenoxy) is 4. The number of nitrogens with zero attached hydrogens (tertiary/aromatic N) is 4. The van der Waals surface area contributed by atoms with Gasteiger partial charge in [0.05, 0.1) is 63.0 Å². The average molecular weight is 1160 g/mol. The minimum absolute atomic E-state index is 0.262. The van der Waals surface area contributed by atoms with Crippen molar-refractivity contribution in [3.8, 4) is 23.0 Å². The molecule has 6 aromatic rings. The average Bonchev–Trinajstić information content (AvgIpc) is 3.43. The highest BCUT2D eigenvalue weighted by molar-refractivity contribution is 8.01. The van der Waals surface area contributed by atoms with E-state index in [1.165, 1.54) is 59.5 Å². The minimum Gasteiger partial charge on any atom is -0.481 e. The second-order valence-electron chi connectivity index (χ2n) is 22.7. The fourth-order valence-electron chi connectivity index (χ4n) is 7.54. The van der Waals surface area contributed by atoms with Crippen LogP contribution in [0.1, 0.15) is 117 Å². The molecule has 4 aromatic carbocycles. The summed E-state index contributed by atoms with van der Waals surface area (Å²) in [7, 11) is 0. The van der Waals surface area contributed by atoms with Crippen molar-refractivity contribution in [2.45, 2.75) is 144 Å². The maximum Gasteiger partial charge on any atom is 0.341 e. The lowest BCUT2D eigenvalue weighted by molar-refractivity contribution is -0.140. The third kappa shape index (κ3) is 16.5. The van der Waals surface area contributed by atoms with Crippen LogP contribution in [0.5, 0.6) is 23.0 Å². The van der Waals surface area contributed by atoms with E-state index in [4.69, 9.17) is 18.9 Å². The quantitative estimate of drug-likeness (QED) is 0.0522. The van der Waals surface area contributed by atoms with Gasteiger partial charge < -0.3 is 29.2 Å². The number of benzene rings is 4. The molecule has 0 unspecified atom stereocenters. The SMILES string of the molecule is CC(C)(C)c1cc2c(OCC(=O)O)c(c1)Sc1cc(C(C)(C)C)cc(c1OCC(=O)N/N=C/c1ccccn1)Sc1cc(C(C)(C)C)cc(c1OCC(=O)O)Sc1cc(C(C)(C)C)cc(c1OCC(=O)N/N=C/c1ccccn1)S2. The number of carbonyl (C=O) groups is 4. The summed E-state index contributed by atoms with van der Waals surface area (Å²) >= 11 is 5.15. The van der Waals surface area contributed by atoms with E-state index < -0.39 is 71.8 Å². The number of carboxylic acid groups (broad SMARTS) is 2. The molecule has 7 rings (SSSR count). The first-order valence-electron chi connectivity index (χ1n) is 25.5. The van der Waals surface area contributed by atoms with E-state index in [0.29, 0.717) is 62.1 Å². The molecule has 16 nitrogen and oxygen atoms in total. The zero-order valence-corrected chi connectivity index (χ0v) is 50.1. The lowest BCUT2D eigenvalue weighted by atomic mass is 9.87. The maximum atomic E-state index is 13.7. The Bertz CT molecular complexity index is 3010. The summed E-state index contributed by atoms with van der Waals surface area (Å²) < 4.78 is 26.1. The van der Waals surface area contributed by atoms with Gasteiger partial charge in [-0.25, -0.2) is 20.4 Å². The Labute approximate surface area is 484 Å². The molecule has 0 radical (unpaired) electrons. The Balaban J connectivity index is 1.53. The van der Waals surface area contributed by atoms with Crippen molar-refractivity contribution in [2.24, 2.45) is 10.2 Å². The Hall–Kier alpha value is -7.00. The predicted octanol–water partition coefficient (Wildman–Crippen LogP) is 12.6. The van der Waals surface area contributed by atoms with Crippen LogP contribution < -0.4 is 29.8 Å². The first-order valence-corrected chi connectivity index (χ1v) is 28.7. The van der Waals surface area contributed by atoms with Crippen molar-refractivity contribution >= 4 is 83.2 Å². The van der Waals surface area contributed by atoms with E-state index in [-0.39, 0.29) is 11.5 Å². The van der Waals surface area contributed by atoms with Gasteiger partial charge in [0.15, 0.2) is 26.4 Å². The molecule has 8 bridgehead atoms. The van der Waals surface area contributed by atoms with Crippen LogP contribution in [0, 0.1) is 0 Å². The number of aliphatic carboxylic acids is 2. The van der Waals surface area contributed by atoms with Gasteiger partial charge >= 0.3 is 11.9 Å². The van der Waals surface area contributed by atoms with Crippen LogP contribution in [-0.2, 0) is 40.8 Å². The number of hydrazone groups is 2. The third-order valence-corrected chi connectivity index (χ3v) is 16.1. The molecule has 4 N–H and O–H groups in total. The molecule has 0 saturated heterocycles. The second kappa shape index (κ2) is 25.6. The van der Waals surface area contributed by atoms with E-state index >= 15 is 0 Å². The monoisotopic (exact) mass is 1160 g/mol. The highest BCUT2D eigenvalue weighted by Crippen LogP contribution is 2.56. The number of hydrogen-bond acceptors (Lipinski definition) is 16. The van der Waals surface area contributed by atoms with Gasteiger partial charge in [-0.05, 0) is 117 Å². The largest absolute Gasteiger partial charge is 0.481 e. The molecule has 2 amide bonds. The summed E-state index contributed by atoms with van der Waals surface area (Å²) in [6, 6.07) is 26.5. The molecule has 0 saturated carbocycles. The van der Waals surface area contributed by atoms with Crippen LogP contribution in [0.15, 0.2) is 147 Å². The van der Waals surface area contributed by atoms with Gasteiger partial charge in [0.1, 0.15) is 23.0 Å². The lowest BCUT2D eigenvalue weighted by Crippen LogP contribution is -2.25. The number of amides is 2. The molecule has 20 heteroatoms. The Morgan fingerprint density at radius 1 is 0.438 bits per heavy atom. The highest BCUT2D eigenvalue weighted by Gasteiger charge is 2.31. The number of pyridine rings is 2. The van der Waals surface area contributed by atoms with E-state index in [1.807, 2.05) is 48.5 Å². The van der Waals surface area contributed by atoms with E-state index in [2.05, 4.69) is 114 Å². The van der Waals surface area contributed by atoms with Gasteiger partial charge in [-0.1, -0.05) is 142 Å². The highest BCUT2D eigenvalue weighted by atomic mass is 32.2. The molecule has 3 heterocycles. The molecule has 420 valence electrons. The van der Waals surface area contributed by atoms with Gasteiger partial charge in [-0.2, -0.15) is 10.2 Å². The van der Waals surface area contributed by atoms with Crippen LogP contribution in [-0.4, -0.2) is 82.8 Å². The van der Waals surface area contributed by atoms with Crippen molar-refractivity contribution in [3.05, 3.63) is 131 Å². The molecule has 0 aliphatic carbocycles. The Morgan fingerprint density at radius 2 is 0.688 bits per heavy atom. The van der Waals surface area contributed by atoms with Gasteiger partial charge in [0, 0.05) is 12.4 Å². The van der Waals surface area contributed by atoms with E-state index in [0.717, 1.165) is 22.3 Å². The van der Waals surface area contributed by atoms with Gasteiger partial charge in [0.2, 0.25) is 0 Å². The van der Waals surface area contributed by atoms with Gasteiger partial charge in [0.25, 0.3) is 11.8 Å². The number of nitrogens with one attached hydrogen (secondary N) is 2. The molecule has 1 aliphatic rings. The van der Waals surface area contributed by atoms with Crippen molar-refractivity contribution in [1.29, 1.82) is 0 Å². The van der Waals surface area contributed by atoms with Crippen molar-refractivity contribution < 1.29 is 48.3 Å².